The van der Waals surface area contributed by atoms with Crippen molar-refractivity contribution < 1.29 is 5.11 Å². The van der Waals surface area contributed by atoms with E-state index in [1.54, 1.807) is 0 Å². The summed E-state index contributed by atoms with van der Waals surface area (Å²) >= 11 is 0. The highest BCUT2D eigenvalue weighted by molar-refractivity contribution is 4.99. The number of rotatable bonds is 7. The van der Waals surface area contributed by atoms with Gasteiger partial charge in [-0.25, -0.2) is 0 Å². The Bertz CT molecular complexity index is 312. The molecule has 0 amide bonds. The summed E-state index contributed by atoms with van der Waals surface area (Å²) in [5, 5.41) is 13.5. The molecule has 124 valence electrons. The summed E-state index contributed by atoms with van der Waals surface area (Å²) in [5.74, 6) is 0.631. The van der Waals surface area contributed by atoms with Gasteiger partial charge in [-0.3, -0.25) is 0 Å². The first-order valence-corrected chi connectivity index (χ1v) is 8.86. The third kappa shape index (κ3) is 4.19. The van der Waals surface area contributed by atoms with Crippen molar-refractivity contribution in [2.45, 2.75) is 57.0 Å². The minimum absolute atomic E-state index is 0.00105. The summed E-state index contributed by atoms with van der Waals surface area (Å²) in [6.45, 7) is 7.02. The van der Waals surface area contributed by atoms with Gasteiger partial charge < -0.3 is 20.2 Å². The lowest BCUT2D eigenvalue weighted by Gasteiger charge is -2.39. The van der Waals surface area contributed by atoms with E-state index in [9.17, 15) is 5.11 Å². The van der Waals surface area contributed by atoms with Crippen LogP contribution < -0.4 is 5.32 Å². The number of nitrogens with zero attached hydrogens (tertiary/aromatic N) is 2. The van der Waals surface area contributed by atoms with Gasteiger partial charge in [0.1, 0.15) is 0 Å². The van der Waals surface area contributed by atoms with E-state index < -0.39 is 0 Å². The summed E-state index contributed by atoms with van der Waals surface area (Å²) < 4.78 is 0. The second kappa shape index (κ2) is 7.91. The van der Waals surface area contributed by atoms with Crippen molar-refractivity contribution in [2.24, 2.45) is 5.92 Å². The van der Waals surface area contributed by atoms with Crippen LogP contribution in [0.4, 0.5) is 0 Å². The molecule has 0 aromatic heterocycles. The van der Waals surface area contributed by atoms with Crippen LogP contribution in [-0.4, -0.2) is 73.4 Å². The maximum atomic E-state index is 9.88. The quantitative estimate of drug-likeness (QED) is 0.748. The predicted octanol–water partition coefficient (Wildman–Crippen LogP) is 1.54. The number of likely N-dealkylation sites (N-methyl/N-ethyl adjacent to an activating group) is 3. The molecule has 2 aliphatic rings. The summed E-state index contributed by atoms with van der Waals surface area (Å²) in [4.78, 5) is 5.01. The number of likely N-dealkylation sites (tertiary alicyclic amines) is 1. The highest BCUT2D eigenvalue weighted by Crippen LogP contribution is 2.37. The second-order valence-electron chi connectivity index (χ2n) is 7.26. The summed E-state index contributed by atoms with van der Waals surface area (Å²) in [6.07, 6.45) is 7.54. The number of aliphatic hydroxyl groups is 1. The first kappa shape index (κ1) is 17.2. The van der Waals surface area contributed by atoms with Crippen LogP contribution in [0.2, 0.25) is 0 Å². The average Bonchev–Trinajstić information content (AvgIpc) is 2.88. The molecule has 3 unspecified atom stereocenters. The Morgan fingerprint density at radius 3 is 2.81 bits per heavy atom. The van der Waals surface area contributed by atoms with Gasteiger partial charge in [0, 0.05) is 18.1 Å². The van der Waals surface area contributed by atoms with Gasteiger partial charge in [0.2, 0.25) is 0 Å². The van der Waals surface area contributed by atoms with E-state index in [0.717, 1.165) is 19.5 Å². The Labute approximate surface area is 130 Å². The van der Waals surface area contributed by atoms with Gasteiger partial charge in [-0.2, -0.15) is 0 Å². The predicted molar refractivity (Wildman–Crippen MR) is 88.6 cm³/mol. The third-order valence-electron chi connectivity index (χ3n) is 5.82. The molecule has 1 saturated carbocycles. The molecule has 0 aromatic carbocycles. The molecule has 1 saturated heterocycles. The van der Waals surface area contributed by atoms with Gasteiger partial charge in [-0.05, 0) is 71.8 Å². The lowest BCUT2D eigenvalue weighted by molar-refractivity contribution is 0.0968. The minimum atomic E-state index is -0.00105. The maximum absolute atomic E-state index is 9.88. The fourth-order valence-corrected chi connectivity index (χ4v) is 4.45. The van der Waals surface area contributed by atoms with Crippen LogP contribution in [0.15, 0.2) is 0 Å². The normalized spacial score (nSPS) is 34.7. The van der Waals surface area contributed by atoms with Crippen LogP contribution in [0.25, 0.3) is 0 Å². The number of aliphatic hydroxyl groups excluding tert-OH is 1. The molecular formula is C17H35N3O. The third-order valence-corrected chi connectivity index (χ3v) is 5.82. The Morgan fingerprint density at radius 2 is 2.14 bits per heavy atom. The van der Waals surface area contributed by atoms with Crippen LogP contribution in [-0.2, 0) is 0 Å². The molecule has 0 radical (unpaired) electrons. The first-order chi connectivity index (χ1) is 10.1. The molecule has 4 heteroatoms. The van der Waals surface area contributed by atoms with E-state index in [-0.39, 0.29) is 5.54 Å². The Hall–Kier alpha value is -0.160. The smallest absolute Gasteiger partial charge is 0.0616 e. The van der Waals surface area contributed by atoms with E-state index in [4.69, 9.17) is 0 Å². The van der Waals surface area contributed by atoms with E-state index in [1.165, 1.54) is 45.2 Å². The molecule has 1 aliphatic carbocycles. The van der Waals surface area contributed by atoms with Gasteiger partial charge in [-0.15, -0.1) is 0 Å². The van der Waals surface area contributed by atoms with E-state index in [2.05, 4.69) is 36.1 Å². The molecule has 2 fully saturated rings. The zero-order chi connectivity index (χ0) is 15.3. The lowest BCUT2D eigenvalue weighted by atomic mass is 9.85. The van der Waals surface area contributed by atoms with Crippen LogP contribution in [0.5, 0.6) is 0 Å². The van der Waals surface area contributed by atoms with Crippen molar-refractivity contribution >= 4 is 0 Å². The molecule has 0 aromatic rings. The largest absolute Gasteiger partial charge is 0.394 e. The first-order valence-electron chi connectivity index (χ1n) is 8.86. The molecule has 4 nitrogen and oxygen atoms in total. The Balaban J connectivity index is 1.83. The van der Waals surface area contributed by atoms with E-state index >= 15 is 0 Å². The zero-order valence-corrected chi connectivity index (χ0v) is 14.3. The fourth-order valence-electron chi connectivity index (χ4n) is 4.45. The van der Waals surface area contributed by atoms with Gasteiger partial charge >= 0.3 is 0 Å². The number of piperidine rings is 1. The van der Waals surface area contributed by atoms with Crippen LogP contribution >= 0.6 is 0 Å². The molecule has 1 aliphatic heterocycles. The van der Waals surface area contributed by atoms with Crippen LogP contribution in [0, 0.1) is 5.92 Å². The molecule has 0 spiro atoms. The molecule has 21 heavy (non-hydrogen) atoms. The number of hydrogen-bond donors (Lipinski definition) is 2. The Kier molecular flexibility index (Phi) is 6.48. The van der Waals surface area contributed by atoms with Crippen LogP contribution in [0.3, 0.4) is 0 Å². The second-order valence-corrected chi connectivity index (χ2v) is 7.26. The zero-order valence-electron chi connectivity index (χ0n) is 14.3. The molecule has 0 bridgehead atoms. The SMILES string of the molecule is CCNC1(CO)CCCC1CCN(C)C1CCCN(C)C1. The van der Waals surface area contributed by atoms with Crippen molar-refractivity contribution in [1.82, 2.24) is 15.1 Å². The standard InChI is InChI=1S/C17H35N3O/c1-4-18-17(14-21)10-5-7-15(17)9-12-20(3)16-8-6-11-19(2)13-16/h15-16,18,21H,4-14H2,1-3H3. The lowest BCUT2D eigenvalue weighted by Crippen LogP contribution is -2.52. The highest BCUT2D eigenvalue weighted by Gasteiger charge is 2.41. The van der Waals surface area contributed by atoms with E-state index in [1.807, 2.05) is 0 Å². The van der Waals surface area contributed by atoms with Crippen molar-refractivity contribution in [3.8, 4) is 0 Å². The molecule has 1 heterocycles. The van der Waals surface area contributed by atoms with Crippen molar-refractivity contribution in [3.05, 3.63) is 0 Å². The monoisotopic (exact) mass is 297 g/mol. The average molecular weight is 297 g/mol. The van der Waals surface area contributed by atoms with Crippen molar-refractivity contribution in [3.63, 3.8) is 0 Å². The summed E-state index contributed by atoms with van der Waals surface area (Å²) in [5.41, 5.74) is -0.00105. The van der Waals surface area contributed by atoms with Gasteiger partial charge in [0.15, 0.2) is 0 Å². The van der Waals surface area contributed by atoms with Crippen molar-refractivity contribution in [1.29, 1.82) is 0 Å². The van der Waals surface area contributed by atoms with Gasteiger partial charge in [0.25, 0.3) is 0 Å². The summed E-state index contributed by atoms with van der Waals surface area (Å²) in [7, 11) is 4.52. The topological polar surface area (TPSA) is 38.7 Å². The Morgan fingerprint density at radius 1 is 1.33 bits per heavy atom. The fraction of sp³-hybridized carbons (Fsp3) is 1.00. The molecule has 3 atom stereocenters. The molecule has 2 rings (SSSR count). The van der Waals surface area contributed by atoms with Gasteiger partial charge in [-0.1, -0.05) is 13.3 Å². The van der Waals surface area contributed by atoms with Gasteiger partial charge in [0.05, 0.1) is 6.61 Å². The minimum Gasteiger partial charge on any atom is -0.394 e. The van der Waals surface area contributed by atoms with E-state index in [0.29, 0.717) is 18.6 Å². The van der Waals surface area contributed by atoms with Crippen molar-refractivity contribution in [2.75, 3.05) is 46.9 Å². The molecule has 2 N–H and O–H groups in total. The number of hydrogen-bond acceptors (Lipinski definition) is 4. The van der Waals surface area contributed by atoms with Crippen LogP contribution in [0.1, 0.15) is 45.4 Å². The molecular weight excluding hydrogens is 262 g/mol. The number of nitrogens with one attached hydrogen (secondary N) is 1. The highest BCUT2D eigenvalue weighted by atomic mass is 16.3. The summed E-state index contributed by atoms with van der Waals surface area (Å²) in [6, 6.07) is 0.716. The maximum Gasteiger partial charge on any atom is 0.0616 e.